The highest BCUT2D eigenvalue weighted by molar-refractivity contribution is 7.92. The Balaban J connectivity index is 1.74. The maximum atomic E-state index is 13.5. The van der Waals surface area contributed by atoms with Gasteiger partial charge in [0.1, 0.15) is 0 Å². The fraction of sp³-hybridized carbons (Fsp3) is 0.174. The van der Waals surface area contributed by atoms with Crippen molar-refractivity contribution in [3.05, 3.63) is 100 Å². The number of hydrogen-bond donors (Lipinski definition) is 1. The van der Waals surface area contributed by atoms with Crippen molar-refractivity contribution in [2.75, 3.05) is 10.5 Å². The lowest BCUT2D eigenvalue weighted by atomic mass is 9.99. The van der Waals surface area contributed by atoms with Crippen LogP contribution >= 0.6 is 0 Å². The molecular formula is C23H22N4O6S2. The van der Waals surface area contributed by atoms with Gasteiger partial charge in [0.15, 0.2) is 0 Å². The Kier molecular flexibility index (Phi) is 6.59. The molecule has 1 atom stereocenters. The molecule has 0 unspecified atom stereocenters. The largest absolute Gasteiger partial charge is 0.284 e. The van der Waals surface area contributed by atoms with Crippen molar-refractivity contribution < 1.29 is 21.8 Å². The number of benzene rings is 3. The summed E-state index contributed by atoms with van der Waals surface area (Å²) in [6.45, 7) is 1.53. The van der Waals surface area contributed by atoms with Gasteiger partial charge in [0.05, 0.1) is 27.3 Å². The molecule has 0 aliphatic carbocycles. The Labute approximate surface area is 203 Å². The van der Waals surface area contributed by atoms with E-state index in [0.29, 0.717) is 22.5 Å². The van der Waals surface area contributed by atoms with Gasteiger partial charge in [-0.1, -0.05) is 42.5 Å². The third-order valence-electron chi connectivity index (χ3n) is 5.50. The van der Waals surface area contributed by atoms with Crippen LogP contribution in [0, 0.1) is 10.1 Å². The smallest absolute Gasteiger partial charge is 0.279 e. The molecule has 0 saturated carbocycles. The molecule has 1 aliphatic heterocycles. The Morgan fingerprint density at radius 3 is 2.31 bits per heavy atom. The second kappa shape index (κ2) is 9.47. The predicted octanol–water partition coefficient (Wildman–Crippen LogP) is 3.90. The highest BCUT2D eigenvalue weighted by Crippen LogP contribution is 2.38. The van der Waals surface area contributed by atoms with Gasteiger partial charge in [-0.15, -0.1) is 0 Å². The molecule has 0 spiro atoms. The molecule has 4 rings (SSSR count). The molecule has 1 N–H and O–H groups in total. The molecule has 0 saturated heterocycles. The number of anilines is 1. The Bertz CT molecular complexity index is 1490. The molecule has 3 aromatic carbocycles. The van der Waals surface area contributed by atoms with Gasteiger partial charge in [-0.2, -0.15) is 17.9 Å². The molecule has 1 heterocycles. The minimum Gasteiger partial charge on any atom is -0.284 e. The van der Waals surface area contributed by atoms with Crippen LogP contribution in [0.4, 0.5) is 11.4 Å². The van der Waals surface area contributed by atoms with Crippen LogP contribution in [0.1, 0.15) is 30.5 Å². The van der Waals surface area contributed by atoms with E-state index in [1.165, 1.54) is 37.3 Å². The van der Waals surface area contributed by atoms with E-state index in [-0.39, 0.29) is 22.8 Å². The van der Waals surface area contributed by atoms with Crippen molar-refractivity contribution in [3.63, 3.8) is 0 Å². The minimum absolute atomic E-state index is 0.0461. The third-order valence-corrected chi connectivity index (χ3v) is 8.50. The van der Waals surface area contributed by atoms with Crippen LogP contribution in [0.3, 0.4) is 0 Å². The zero-order valence-electron chi connectivity index (χ0n) is 18.6. The number of non-ortho nitro benzene ring substituents is 1. The van der Waals surface area contributed by atoms with E-state index in [1.54, 1.807) is 48.5 Å². The SMILES string of the molecule is CCS(=O)(=O)Nc1ccc(C2=NN(S(=O)(=O)c3ccccc3)[C@@H](c3cccc([N+](=O)[O-])c3)C2)cc1. The van der Waals surface area contributed by atoms with E-state index in [9.17, 15) is 26.9 Å². The van der Waals surface area contributed by atoms with Crippen LogP contribution in [0.25, 0.3) is 0 Å². The zero-order chi connectivity index (χ0) is 25.2. The summed E-state index contributed by atoms with van der Waals surface area (Å²) in [7, 11) is -7.50. The number of nitrogens with one attached hydrogen (secondary N) is 1. The number of nitrogens with zero attached hydrogens (tertiary/aromatic N) is 3. The predicted molar refractivity (Wildman–Crippen MR) is 132 cm³/mol. The van der Waals surface area contributed by atoms with Crippen molar-refractivity contribution in [1.29, 1.82) is 0 Å². The van der Waals surface area contributed by atoms with Crippen molar-refractivity contribution in [3.8, 4) is 0 Å². The van der Waals surface area contributed by atoms with Gasteiger partial charge >= 0.3 is 0 Å². The molecular weight excluding hydrogens is 492 g/mol. The maximum absolute atomic E-state index is 13.5. The maximum Gasteiger partial charge on any atom is 0.279 e. The number of nitro groups is 1. The lowest BCUT2D eigenvalue weighted by molar-refractivity contribution is -0.384. The van der Waals surface area contributed by atoms with E-state index in [2.05, 4.69) is 9.82 Å². The highest BCUT2D eigenvalue weighted by atomic mass is 32.2. The van der Waals surface area contributed by atoms with Crippen LogP contribution in [0.2, 0.25) is 0 Å². The molecule has 0 bridgehead atoms. The van der Waals surface area contributed by atoms with Crippen molar-refractivity contribution in [2.45, 2.75) is 24.3 Å². The summed E-state index contributed by atoms with van der Waals surface area (Å²) < 4.78 is 54.0. The average molecular weight is 515 g/mol. The minimum atomic E-state index is -4.06. The number of rotatable bonds is 8. The summed E-state index contributed by atoms with van der Waals surface area (Å²) in [5.74, 6) is -0.0708. The van der Waals surface area contributed by atoms with E-state index < -0.39 is 31.0 Å². The molecule has 0 aromatic heterocycles. The van der Waals surface area contributed by atoms with Gasteiger partial charge in [0.25, 0.3) is 15.7 Å². The van der Waals surface area contributed by atoms with Gasteiger partial charge in [-0.25, -0.2) is 8.42 Å². The Hall–Kier alpha value is -3.77. The summed E-state index contributed by atoms with van der Waals surface area (Å²) in [6, 6.07) is 19.3. The lowest BCUT2D eigenvalue weighted by Gasteiger charge is -2.23. The Morgan fingerprint density at radius 1 is 1.00 bits per heavy atom. The fourth-order valence-electron chi connectivity index (χ4n) is 3.66. The fourth-order valence-corrected chi connectivity index (χ4v) is 5.76. The van der Waals surface area contributed by atoms with Crippen molar-refractivity contribution in [2.24, 2.45) is 5.10 Å². The van der Waals surface area contributed by atoms with Gasteiger partial charge in [0.2, 0.25) is 10.0 Å². The molecule has 182 valence electrons. The zero-order valence-corrected chi connectivity index (χ0v) is 20.2. The first-order valence-electron chi connectivity index (χ1n) is 10.6. The van der Waals surface area contributed by atoms with Gasteiger partial charge in [0, 0.05) is 24.2 Å². The molecule has 1 aliphatic rings. The summed E-state index contributed by atoms with van der Waals surface area (Å²) in [4.78, 5) is 10.8. The average Bonchev–Trinajstić information content (AvgIpc) is 3.31. The molecule has 35 heavy (non-hydrogen) atoms. The highest BCUT2D eigenvalue weighted by Gasteiger charge is 2.38. The second-order valence-electron chi connectivity index (χ2n) is 7.79. The lowest BCUT2D eigenvalue weighted by Crippen LogP contribution is -2.27. The number of nitro benzene ring substituents is 1. The molecule has 12 heteroatoms. The van der Waals surface area contributed by atoms with Gasteiger partial charge in [-0.3, -0.25) is 14.8 Å². The molecule has 0 fully saturated rings. The molecule has 0 radical (unpaired) electrons. The second-order valence-corrected chi connectivity index (χ2v) is 11.6. The van der Waals surface area contributed by atoms with Crippen LogP contribution < -0.4 is 4.72 Å². The summed E-state index contributed by atoms with van der Waals surface area (Å²) in [6.07, 6.45) is 0.174. The topological polar surface area (TPSA) is 139 Å². The quantitative estimate of drug-likeness (QED) is 0.357. The van der Waals surface area contributed by atoms with Crippen molar-refractivity contribution >= 4 is 37.1 Å². The van der Waals surface area contributed by atoms with Crippen LogP contribution in [0.15, 0.2) is 88.9 Å². The van der Waals surface area contributed by atoms with Gasteiger partial charge < -0.3 is 0 Å². The summed E-state index contributed by atoms with van der Waals surface area (Å²) >= 11 is 0. The van der Waals surface area contributed by atoms with E-state index >= 15 is 0 Å². The molecule has 10 nitrogen and oxygen atoms in total. The third kappa shape index (κ3) is 5.17. The van der Waals surface area contributed by atoms with E-state index in [4.69, 9.17) is 0 Å². The van der Waals surface area contributed by atoms with E-state index in [1.807, 2.05) is 0 Å². The first-order valence-corrected chi connectivity index (χ1v) is 13.7. The first-order chi connectivity index (χ1) is 16.6. The van der Waals surface area contributed by atoms with Crippen LogP contribution in [-0.4, -0.2) is 37.6 Å². The Morgan fingerprint density at radius 2 is 1.69 bits per heavy atom. The standard InChI is InChI=1S/C23H22N4O6S2/c1-2-34(30,31)25-19-13-11-17(12-14-19)22-16-23(18-7-6-8-20(15-18)27(28)29)26(24-22)35(32,33)21-9-4-3-5-10-21/h3-15,23,25H,2,16H2,1H3/t23-/m1/s1. The molecule has 3 aromatic rings. The first kappa shape index (κ1) is 24.4. The van der Waals surface area contributed by atoms with Crippen LogP contribution in [-0.2, 0) is 20.0 Å². The van der Waals surface area contributed by atoms with Crippen molar-refractivity contribution in [1.82, 2.24) is 4.41 Å². The number of hydrogen-bond acceptors (Lipinski definition) is 7. The summed E-state index contributed by atoms with van der Waals surface area (Å²) in [5.41, 5.74) is 1.71. The number of sulfonamides is 2. The normalized spacial score (nSPS) is 16.1. The van der Waals surface area contributed by atoms with Gasteiger partial charge in [-0.05, 0) is 42.3 Å². The monoisotopic (exact) mass is 514 g/mol. The molecule has 0 amide bonds. The van der Waals surface area contributed by atoms with Crippen LogP contribution in [0.5, 0.6) is 0 Å². The van der Waals surface area contributed by atoms with E-state index in [0.717, 1.165) is 4.41 Å². The summed E-state index contributed by atoms with van der Waals surface area (Å²) in [5, 5.41) is 15.7. The number of hydrazone groups is 1.